The zero-order valence-electron chi connectivity index (χ0n) is 8.69. The van der Waals surface area contributed by atoms with Crippen LogP contribution in [-0.2, 0) is 26.2 Å². The van der Waals surface area contributed by atoms with E-state index in [0.29, 0.717) is 0 Å². The molecule has 0 aliphatic heterocycles. The van der Waals surface area contributed by atoms with Crippen molar-refractivity contribution in [2.75, 3.05) is 0 Å². The molecule has 0 unspecified atom stereocenters. The van der Waals surface area contributed by atoms with Crippen LogP contribution < -0.4 is 0 Å². The van der Waals surface area contributed by atoms with Crippen LogP contribution >= 0.6 is 0 Å². The van der Waals surface area contributed by atoms with Crippen LogP contribution in [0.25, 0.3) is 0 Å². The van der Waals surface area contributed by atoms with Crippen molar-refractivity contribution in [3.63, 3.8) is 0 Å². The van der Waals surface area contributed by atoms with Crippen molar-refractivity contribution < 1.29 is 26.2 Å². The van der Waals surface area contributed by atoms with Crippen molar-refractivity contribution in [2.24, 2.45) is 5.92 Å². The third-order valence-corrected chi connectivity index (χ3v) is 3.15. The van der Waals surface area contributed by atoms with Crippen molar-refractivity contribution in [3.8, 4) is 0 Å². The molecule has 0 spiro atoms. The maximum Gasteiger partial charge on any atom is 0 e. The van der Waals surface area contributed by atoms with E-state index < -0.39 is 0 Å². The standard InChI is InChI=1S/C12H18.Zr/c1-9(2)12-7-10-5-3-4-6-11(10)8-12;/h7,9H,3-6,8H2,1-2H3;. The predicted octanol–water partition coefficient (Wildman–Crippen LogP) is 3.84. The summed E-state index contributed by atoms with van der Waals surface area (Å²) in [5, 5.41) is 0. The van der Waals surface area contributed by atoms with Crippen LogP contribution in [-0.4, -0.2) is 0 Å². The second-order valence-electron chi connectivity index (χ2n) is 4.39. The molecule has 2 aliphatic carbocycles. The molecule has 2 rings (SSSR count). The Kier molecular flexibility index (Phi) is 4.17. The molecule has 0 N–H and O–H groups in total. The van der Waals surface area contributed by atoms with E-state index in [-0.39, 0.29) is 26.2 Å². The summed E-state index contributed by atoms with van der Waals surface area (Å²) in [5.74, 6) is 0.760. The molecule has 1 heteroatoms. The zero-order valence-corrected chi connectivity index (χ0v) is 11.1. The monoisotopic (exact) mass is 252 g/mol. The van der Waals surface area contributed by atoms with Crippen molar-refractivity contribution in [3.05, 3.63) is 22.8 Å². The summed E-state index contributed by atoms with van der Waals surface area (Å²) in [5.41, 5.74) is 5.11. The normalized spacial score (nSPS) is 21.3. The molecule has 0 aromatic carbocycles. The molecule has 70 valence electrons. The fraction of sp³-hybridized carbons (Fsp3) is 0.667. The second-order valence-corrected chi connectivity index (χ2v) is 4.39. The van der Waals surface area contributed by atoms with Gasteiger partial charge in [-0.3, -0.25) is 0 Å². The minimum absolute atomic E-state index is 0. The quantitative estimate of drug-likeness (QED) is 0.666. The Morgan fingerprint density at radius 3 is 2.46 bits per heavy atom. The third kappa shape index (κ3) is 2.43. The molecule has 0 bridgehead atoms. The van der Waals surface area contributed by atoms with Gasteiger partial charge in [-0.2, -0.15) is 0 Å². The van der Waals surface area contributed by atoms with Crippen molar-refractivity contribution in [1.29, 1.82) is 0 Å². The van der Waals surface area contributed by atoms with E-state index >= 15 is 0 Å². The maximum atomic E-state index is 2.47. The van der Waals surface area contributed by atoms with E-state index in [4.69, 9.17) is 0 Å². The average molecular weight is 253 g/mol. The molecular weight excluding hydrogens is 235 g/mol. The number of hydrogen-bond donors (Lipinski definition) is 0. The Bertz CT molecular complexity index is 246. The fourth-order valence-corrected chi connectivity index (χ4v) is 2.26. The molecule has 0 heterocycles. The smallest absolute Gasteiger partial charge is 0 e. The Hall–Kier alpha value is 0.363. The largest absolute Gasteiger partial charge is 0.0633 e. The van der Waals surface area contributed by atoms with Gasteiger partial charge in [-0.15, -0.1) is 0 Å². The van der Waals surface area contributed by atoms with E-state index in [1.54, 1.807) is 16.7 Å². The molecular formula is C12H18Zr. The third-order valence-electron chi connectivity index (χ3n) is 3.15. The number of allylic oxidation sites excluding steroid dienone is 4. The van der Waals surface area contributed by atoms with Gasteiger partial charge in [0.1, 0.15) is 0 Å². The average Bonchev–Trinajstić information content (AvgIpc) is 2.46. The van der Waals surface area contributed by atoms with Gasteiger partial charge in [0, 0.05) is 26.2 Å². The van der Waals surface area contributed by atoms with E-state index in [9.17, 15) is 0 Å². The van der Waals surface area contributed by atoms with Crippen molar-refractivity contribution in [1.82, 2.24) is 0 Å². The van der Waals surface area contributed by atoms with Gasteiger partial charge in [-0.25, -0.2) is 0 Å². The SMILES string of the molecule is CC(C)C1=CC2=C(CCCC2)C1.[Zr]. The number of hydrogen-bond acceptors (Lipinski definition) is 0. The Balaban J connectivity index is 0.000000845. The molecule has 0 atom stereocenters. The van der Waals surface area contributed by atoms with E-state index in [1.165, 1.54) is 32.1 Å². The molecule has 0 amide bonds. The van der Waals surface area contributed by atoms with Gasteiger partial charge in [0.15, 0.2) is 0 Å². The van der Waals surface area contributed by atoms with Crippen LogP contribution in [0.5, 0.6) is 0 Å². The first-order valence-corrected chi connectivity index (χ1v) is 5.18. The Labute approximate surface area is 101 Å². The second kappa shape index (κ2) is 4.73. The van der Waals surface area contributed by atoms with E-state index in [2.05, 4.69) is 19.9 Å². The summed E-state index contributed by atoms with van der Waals surface area (Å²) in [6, 6.07) is 0. The summed E-state index contributed by atoms with van der Waals surface area (Å²) in [6.45, 7) is 4.62. The van der Waals surface area contributed by atoms with Crippen LogP contribution in [0.3, 0.4) is 0 Å². The van der Waals surface area contributed by atoms with Gasteiger partial charge in [0.25, 0.3) is 0 Å². The minimum Gasteiger partial charge on any atom is -0.0633 e. The zero-order chi connectivity index (χ0) is 8.55. The molecule has 0 nitrogen and oxygen atoms in total. The first kappa shape index (κ1) is 11.4. The molecule has 0 saturated heterocycles. The summed E-state index contributed by atoms with van der Waals surface area (Å²) in [6.07, 6.45) is 9.35. The van der Waals surface area contributed by atoms with Crippen LogP contribution in [0, 0.1) is 5.92 Å². The van der Waals surface area contributed by atoms with Crippen LogP contribution in [0.2, 0.25) is 0 Å². The van der Waals surface area contributed by atoms with Gasteiger partial charge in [0.2, 0.25) is 0 Å². The summed E-state index contributed by atoms with van der Waals surface area (Å²) in [7, 11) is 0. The predicted molar refractivity (Wildman–Crippen MR) is 53.0 cm³/mol. The molecule has 0 radical (unpaired) electrons. The Morgan fingerprint density at radius 1 is 1.15 bits per heavy atom. The van der Waals surface area contributed by atoms with Crippen LogP contribution in [0.4, 0.5) is 0 Å². The van der Waals surface area contributed by atoms with Crippen molar-refractivity contribution in [2.45, 2.75) is 46.0 Å². The molecule has 0 aromatic rings. The van der Waals surface area contributed by atoms with Crippen LogP contribution in [0.15, 0.2) is 22.8 Å². The number of rotatable bonds is 1. The molecule has 0 aromatic heterocycles. The van der Waals surface area contributed by atoms with Gasteiger partial charge in [-0.05, 0) is 43.6 Å². The van der Waals surface area contributed by atoms with E-state index in [1.807, 2.05) is 0 Å². The van der Waals surface area contributed by atoms with Gasteiger partial charge in [0.05, 0.1) is 0 Å². The maximum absolute atomic E-state index is 2.47. The summed E-state index contributed by atoms with van der Waals surface area (Å²) in [4.78, 5) is 0. The van der Waals surface area contributed by atoms with Gasteiger partial charge >= 0.3 is 0 Å². The first-order chi connectivity index (χ1) is 5.77. The molecule has 13 heavy (non-hydrogen) atoms. The first-order valence-electron chi connectivity index (χ1n) is 5.18. The van der Waals surface area contributed by atoms with Gasteiger partial charge < -0.3 is 0 Å². The van der Waals surface area contributed by atoms with E-state index in [0.717, 1.165) is 5.92 Å². The Morgan fingerprint density at radius 2 is 1.85 bits per heavy atom. The van der Waals surface area contributed by atoms with Crippen LogP contribution in [0.1, 0.15) is 46.0 Å². The fourth-order valence-electron chi connectivity index (χ4n) is 2.26. The topological polar surface area (TPSA) is 0 Å². The molecule has 0 fully saturated rings. The summed E-state index contributed by atoms with van der Waals surface area (Å²) >= 11 is 0. The van der Waals surface area contributed by atoms with Crippen molar-refractivity contribution >= 4 is 0 Å². The van der Waals surface area contributed by atoms with Gasteiger partial charge in [-0.1, -0.05) is 31.1 Å². The summed E-state index contributed by atoms with van der Waals surface area (Å²) < 4.78 is 0. The molecule has 2 aliphatic rings. The molecule has 0 saturated carbocycles. The minimum atomic E-state index is 0.